The number of fused-ring (bicyclic) bond motifs is 1. The number of rotatable bonds is 1. The van der Waals surface area contributed by atoms with E-state index < -0.39 is 17.6 Å². The van der Waals surface area contributed by atoms with Gasteiger partial charge in [-0.25, -0.2) is 0 Å². The standard InChI is InChI=1S/C12H7F3N4O/c13-12(14,15)11-17-16-9-10(20)18(6-7-19(9)11)8-4-2-1-3-5-8/h1-7H. The molecule has 0 bridgehead atoms. The van der Waals surface area contributed by atoms with Crippen molar-refractivity contribution < 1.29 is 13.2 Å². The predicted octanol–water partition coefficient (Wildman–Crippen LogP) is 1.90. The number of benzene rings is 1. The zero-order valence-electron chi connectivity index (χ0n) is 9.87. The van der Waals surface area contributed by atoms with E-state index >= 15 is 0 Å². The first kappa shape index (κ1) is 12.4. The highest BCUT2D eigenvalue weighted by atomic mass is 19.4. The Kier molecular flexibility index (Phi) is 2.60. The molecule has 102 valence electrons. The normalized spacial score (nSPS) is 11.9. The Morgan fingerprint density at radius 2 is 1.70 bits per heavy atom. The Hall–Kier alpha value is -2.64. The number of hydrogen-bond donors (Lipinski definition) is 0. The number of halogens is 3. The van der Waals surface area contributed by atoms with Crippen LogP contribution in [-0.2, 0) is 6.18 Å². The average Bonchev–Trinajstić information content (AvgIpc) is 2.85. The highest BCUT2D eigenvalue weighted by Gasteiger charge is 2.37. The average molecular weight is 280 g/mol. The Bertz CT molecular complexity index is 820. The summed E-state index contributed by atoms with van der Waals surface area (Å²) in [6.07, 6.45) is -2.29. The summed E-state index contributed by atoms with van der Waals surface area (Å²) in [4.78, 5) is 12.1. The number of alkyl halides is 3. The molecule has 20 heavy (non-hydrogen) atoms. The van der Waals surface area contributed by atoms with E-state index in [9.17, 15) is 18.0 Å². The third-order valence-corrected chi connectivity index (χ3v) is 2.76. The number of aromatic nitrogens is 4. The van der Waals surface area contributed by atoms with Crippen LogP contribution in [0.15, 0.2) is 47.5 Å². The van der Waals surface area contributed by atoms with Crippen LogP contribution in [0, 0.1) is 0 Å². The summed E-state index contributed by atoms with van der Waals surface area (Å²) in [5, 5.41) is 6.37. The molecule has 0 aliphatic carbocycles. The SMILES string of the molecule is O=c1c2nnc(C(F)(F)F)n2ccn1-c1ccccc1. The molecule has 0 radical (unpaired) electrons. The summed E-state index contributed by atoms with van der Waals surface area (Å²) >= 11 is 0. The third kappa shape index (κ3) is 1.85. The van der Waals surface area contributed by atoms with Gasteiger partial charge >= 0.3 is 11.7 Å². The van der Waals surface area contributed by atoms with Crippen LogP contribution in [0.4, 0.5) is 13.2 Å². The van der Waals surface area contributed by atoms with Crippen molar-refractivity contribution in [3.8, 4) is 5.69 Å². The molecule has 0 saturated heterocycles. The van der Waals surface area contributed by atoms with E-state index in [2.05, 4.69) is 10.2 Å². The van der Waals surface area contributed by atoms with E-state index in [1.807, 2.05) is 0 Å². The topological polar surface area (TPSA) is 52.2 Å². The lowest BCUT2D eigenvalue weighted by molar-refractivity contribution is -0.145. The van der Waals surface area contributed by atoms with Gasteiger partial charge in [-0.1, -0.05) is 18.2 Å². The Morgan fingerprint density at radius 1 is 1.00 bits per heavy atom. The van der Waals surface area contributed by atoms with E-state index in [1.165, 1.54) is 10.8 Å². The molecule has 0 atom stereocenters. The quantitative estimate of drug-likeness (QED) is 0.684. The molecule has 2 aromatic heterocycles. The Labute approximate surface area is 109 Å². The molecule has 0 unspecified atom stereocenters. The summed E-state index contributed by atoms with van der Waals surface area (Å²) in [5.41, 5.74) is -0.498. The monoisotopic (exact) mass is 280 g/mol. The fourth-order valence-corrected chi connectivity index (χ4v) is 1.87. The predicted molar refractivity (Wildman–Crippen MR) is 63.6 cm³/mol. The maximum Gasteiger partial charge on any atom is 0.452 e. The number of hydrogen-bond acceptors (Lipinski definition) is 3. The van der Waals surface area contributed by atoms with Gasteiger partial charge < -0.3 is 0 Å². The zero-order chi connectivity index (χ0) is 14.3. The van der Waals surface area contributed by atoms with E-state index in [4.69, 9.17) is 0 Å². The molecule has 0 aliphatic heterocycles. The second-order valence-corrected chi connectivity index (χ2v) is 4.02. The smallest absolute Gasteiger partial charge is 0.280 e. The highest BCUT2D eigenvalue weighted by Crippen LogP contribution is 2.27. The fraction of sp³-hybridized carbons (Fsp3) is 0.0833. The van der Waals surface area contributed by atoms with Crippen LogP contribution in [0.1, 0.15) is 5.82 Å². The second kappa shape index (κ2) is 4.19. The Morgan fingerprint density at radius 3 is 2.35 bits per heavy atom. The van der Waals surface area contributed by atoms with Crippen molar-refractivity contribution in [3.05, 3.63) is 58.9 Å². The van der Waals surface area contributed by atoms with Crippen molar-refractivity contribution in [2.75, 3.05) is 0 Å². The van der Waals surface area contributed by atoms with Crippen molar-refractivity contribution in [3.63, 3.8) is 0 Å². The lowest BCUT2D eigenvalue weighted by atomic mass is 10.3. The second-order valence-electron chi connectivity index (χ2n) is 4.02. The van der Waals surface area contributed by atoms with Crippen LogP contribution >= 0.6 is 0 Å². The first-order chi connectivity index (χ1) is 9.48. The van der Waals surface area contributed by atoms with Crippen molar-refractivity contribution in [1.29, 1.82) is 0 Å². The largest absolute Gasteiger partial charge is 0.452 e. The molecule has 0 spiro atoms. The molecule has 3 aromatic rings. The van der Waals surface area contributed by atoms with E-state index in [0.717, 1.165) is 6.20 Å². The van der Waals surface area contributed by atoms with E-state index in [0.29, 0.717) is 10.1 Å². The molecule has 3 rings (SSSR count). The van der Waals surface area contributed by atoms with Gasteiger partial charge in [0.25, 0.3) is 0 Å². The first-order valence-electron chi connectivity index (χ1n) is 5.57. The molecule has 0 aliphatic rings. The van der Waals surface area contributed by atoms with Gasteiger partial charge in [-0.15, -0.1) is 10.2 Å². The minimum atomic E-state index is -4.66. The fourth-order valence-electron chi connectivity index (χ4n) is 1.87. The lowest BCUT2D eigenvalue weighted by Gasteiger charge is -2.07. The molecule has 5 nitrogen and oxygen atoms in total. The summed E-state index contributed by atoms with van der Waals surface area (Å²) in [6, 6.07) is 8.54. The van der Waals surface area contributed by atoms with Gasteiger partial charge in [0.1, 0.15) is 0 Å². The van der Waals surface area contributed by atoms with Gasteiger partial charge in [0, 0.05) is 18.1 Å². The van der Waals surface area contributed by atoms with Crippen LogP contribution < -0.4 is 5.56 Å². The van der Waals surface area contributed by atoms with Crippen LogP contribution in [0.2, 0.25) is 0 Å². The third-order valence-electron chi connectivity index (χ3n) is 2.76. The summed E-state index contributed by atoms with van der Waals surface area (Å²) in [5.74, 6) is -1.22. The van der Waals surface area contributed by atoms with Gasteiger partial charge in [-0.05, 0) is 12.1 Å². The molecule has 0 N–H and O–H groups in total. The van der Waals surface area contributed by atoms with Gasteiger partial charge in [0.2, 0.25) is 11.5 Å². The maximum atomic E-state index is 12.7. The van der Waals surface area contributed by atoms with Gasteiger partial charge in [0.05, 0.1) is 0 Å². The lowest BCUT2D eigenvalue weighted by Crippen LogP contribution is -2.21. The van der Waals surface area contributed by atoms with Crippen molar-refractivity contribution in [2.24, 2.45) is 0 Å². The van der Waals surface area contributed by atoms with Crippen LogP contribution in [0.25, 0.3) is 11.3 Å². The highest BCUT2D eigenvalue weighted by molar-refractivity contribution is 5.40. The maximum absolute atomic E-state index is 12.7. The molecular formula is C12H7F3N4O. The van der Waals surface area contributed by atoms with Gasteiger partial charge in [-0.3, -0.25) is 13.8 Å². The molecule has 0 saturated carbocycles. The van der Waals surface area contributed by atoms with Gasteiger partial charge in [-0.2, -0.15) is 13.2 Å². The van der Waals surface area contributed by atoms with E-state index in [-0.39, 0.29) is 5.65 Å². The summed E-state index contributed by atoms with van der Waals surface area (Å²) in [6.45, 7) is 0. The minimum Gasteiger partial charge on any atom is -0.280 e. The number of para-hydroxylation sites is 1. The molecule has 1 aromatic carbocycles. The summed E-state index contributed by atoms with van der Waals surface area (Å²) in [7, 11) is 0. The zero-order valence-corrected chi connectivity index (χ0v) is 9.87. The first-order valence-corrected chi connectivity index (χ1v) is 5.57. The molecule has 0 amide bonds. The molecule has 2 heterocycles. The molecule has 8 heteroatoms. The molecule has 0 fully saturated rings. The van der Waals surface area contributed by atoms with Crippen molar-refractivity contribution >= 4 is 5.65 Å². The van der Waals surface area contributed by atoms with Crippen LogP contribution in [-0.4, -0.2) is 19.2 Å². The molecular weight excluding hydrogens is 273 g/mol. The van der Waals surface area contributed by atoms with Gasteiger partial charge in [0.15, 0.2) is 0 Å². The van der Waals surface area contributed by atoms with Crippen molar-refractivity contribution in [2.45, 2.75) is 6.18 Å². The minimum absolute atomic E-state index is 0.372. The van der Waals surface area contributed by atoms with Crippen molar-refractivity contribution in [1.82, 2.24) is 19.2 Å². The number of nitrogens with zero attached hydrogens (tertiary/aromatic N) is 4. The van der Waals surface area contributed by atoms with Crippen LogP contribution in [0.5, 0.6) is 0 Å². The van der Waals surface area contributed by atoms with Crippen LogP contribution in [0.3, 0.4) is 0 Å². The Balaban J connectivity index is 2.26. The summed E-state index contributed by atoms with van der Waals surface area (Å²) < 4.78 is 39.9. The van der Waals surface area contributed by atoms with E-state index in [1.54, 1.807) is 30.3 Å².